The van der Waals surface area contributed by atoms with E-state index in [0.29, 0.717) is 0 Å². The first kappa shape index (κ1) is 11.3. The quantitative estimate of drug-likeness (QED) is 0.860. The summed E-state index contributed by atoms with van der Waals surface area (Å²) in [6, 6.07) is 10.1. The minimum atomic E-state index is -0.0428. The molecule has 2 N–H and O–H groups in total. The Hall–Kier alpha value is -0.160. The van der Waals surface area contributed by atoms with Gasteiger partial charge in [0.25, 0.3) is 0 Å². The minimum Gasteiger partial charge on any atom is -0.320 e. The monoisotopic (exact) mass is 345 g/mol. The molecular formula is C11H9Br2NS. The highest BCUT2D eigenvalue weighted by molar-refractivity contribution is 9.11. The molecule has 78 valence electrons. The maximum atomic E-state index is 6.17. The number of nitrogens with two attached hydrogens (primary N) is 1. The molecule has 1 nitrogen and oxygen atoms in total. The Labute approximate surface area is 110 Å². The molecule has 0 amide bonds. The van der Waals surface area contributed by atoms with E-state index in [4.69, 9.17) is 5.73 Å². The average Bonchev–Trinajstić information content (AvgIpc) is 2.67. The van der Waals surface area contributed by atoms with E-state index in [-0.39, 0.29) is 6.04 Å². The van der Waals surface area contributed by atoms with Crippen LogP contribution >= 0.6 is 43.2 Å². The molecule has 0 saturated heterocycles. The lowest BCUT2D eigenvalue weighted by atomic mass is 10.1. The summed E-state index contributed by atoms with van der Waals surface area (Å²) in [4.78, 5) is 1.18. The van der Waals surface area contributed by atoms with Gasteiger partial charge in [0.15, 0.2) is 0 Å². The molecule has 0 aliphatic rings. The number of benzene rings is 1. The summed E-state index contributed by atoms with van der Waals surface area (Å²) in [7, 11) is 0. The fourth-order valence-electron chi connectivity index (χ4n) is 1.39. The topological polar surface area (TPSA) is 26.0 Å². The molecule has 0 aliphatic heterocycles. The maximum Gasteiger partial charge on any atom is 0.0646 e. The molecule has 0 saturated carbocycles. The van der Waals surface area contributed by atoms with Crippen molar-refractivity contribution in [3.63, 3.8) is 0 Å². The van der Waals surface area contributed by atoms with Crippen molar-refractivity contribution in [2.45, 2.75) is 6.04 Å². The Balaban J connectivity index is 2.37. The summed E-state index contributed by atoms with van der Waals surface area (Å²) < 4.78 is 2.08. The number of halogens is 2. The third kappa shape index (κ3) is 2.69. The van der Waals surface area contributed by atoms with E-state index < -0.39 is 0 Å². The fourth-order valence-corrected chi connectivity index (χ4v) is 3.47. The van der Waals surface area contributed by atoms with Gasteiger partial charge < -0.3 is 5.73 Å². The minimum absolute atomic E-state index is 0.0428. The Morgan fingerprint density at radius 3 is 2.33 bits per heavy atom. The van der Waals surface area contributed by atoms with Gasteiger partial charge in [-0.3, -0.25) is 0 Å². The highest BCUT2D eigenvalue weighted by Crippen LogP contribution is 2.28. The molecule has 0 spiro atoms. The van der Waals surface area contributed by atoms with E-state index in [1.54, 1.807) is 11.3 Å². The lowest BCUT2D eigenvalue weighted by Crippen LogP contribution is -2.10. The van der Waals surface area contributed by atoms with E-state index in [1.165, 1.54) is 4.88 Å². The van der Waals surface area contributed by atoms with E-state index in [2.05, 4.69) is 50.1 Å². The molecule has 1 heterocycles. The third-order valence-corrected chi connectivity index (χ3v) is 3.96. The normalized spacial score (nSPS) is 12.7. The Kier molecular flexibility index (Phi) is 3.61. The Morgan fingerprint density at radius 2 is 1.80 bits per heavy atom. The Morgan fingerprint density at radius 1 is 1.13 bits per heavy atom. The summed E-state index contributed by atoms with van der Waals surface area (Å²) in [6.45, 7) is 0. The maximum absolute atomic E-state index is 6.17. The molecule has 1 aromatic carbocycles. The summed E-state index contributed by atoms with van der Waals surface area (Å²) in [6.07, 6.45) is 0. The van der Waals surface area contributed by atoms with Crippen molar-refractivity contribution >= 4 is 43.2 Å². The van der Waals surface area contributed by atoms with Crippen LogP contribution in [0.25, 0.3) is 0 Å². The van der Waals surface area contributed by atoms with Crippen LogP contribution in [-0.2, 0) is 0 Å². The van der Waals surface area contributed by atoms with Gasteiger partial charge in [-0.2, -0.15) is 0 Å². The fraction of sp³-hybridized carbons (Fsp3) is 0.0909. The van der Waals surface area contributed by atoms with Gasteiger partial charge in [-0.1, -0.05) is 37.9 Å². The molecule has 4 heteroatoms. The number of rotatable bonds is 2. The van der Waals surface area contributed by atoms with Gasteiger partial charge in [0, 0.05) is 13.8 Å². The van der Waals surface area contributed by atoms with E-state index in [9.17, 15) is 0 Å². The third-order valence-electron chi connectivity index (χ3n) is 2.09. The van der Waals surface area contributed by atoms with Crippen molar-refractivity contribution in [1.29, 1.82) is 0 Å². The van der Waals surface area contributed by atoms with Crippen molar-refractivity contribution in [3.8, 4) is 0 Å². The predicted molar refractivity (Wildman–Crippen MR) is 72.2 cm³/mol. The molecule has 15 heavy (non-hydrogen) atoms. The van der Waals surface area contributed by atoms with Gasteiger partial charge in [0.05, 0.1) is 6.04 Å². The van der Waals surface area contributed by atoms with Crippen LogP contribution in [0, 0.1) is 0 Å². The van der Waals surface area contributed by atoms with Crippen LogP contribution in [-0.4, -0.2) is 0 Å². The summed E-state index contributed by atoms with van der Waals surface area (Å²) in [5.41, 5.74) is 7.28. The number of thiophene rings is 1. The number of hydrogen-bond donors (Lipinski definition) is 1. The van der Waals surface area contributed by atoms with E-state index in [0.717, 1.165) is 14.5 Å². The Bertz CT molecular complexity index is 433. The smallest absolute Gasteiger partial charge is 0.0646 e. The number of hydrogen-bond acceptors (Lipinski definition) is 2. The first-order valence-corrected chi connectivity index (χ1v) is 6.88. The lowest BCUT2D eigenvalue weighted by molar-refractivity contribution is 0.891. The largest absolute Gasteiger partial charge is 0.320 e. The van der Waals surface area contributed by atoms with E-state index >= 15 is 0 Å². The van der Waals surface area contributed by atoms with Crippen LogP contribution in [0.5, 0.6) is 0 Å². The van der Waals surface area contributed by atoms with Crippen LogP contribution in [0.3, 0.4) is 0 Å². The van der Waals surface area contributed by atoms with Crippen LogP contribution in [0.4, 0.5) is 0 Å². The van der Waals surface area contributed by atoms with Crippen molar-refractivity contribution in [1.82, 2.24) is 0 Å². The second-order valence-corrected chi connectivity index (χ2v) is 6.01. The zero-order chi connectivity index (χ0) is 10.8. The van der Waals surface area contributed by atoms with Gasteiger partial charge in [-0.25, -0.2) is 0 Å². The van der Waals surface area contributed by atoms with Crippen LogP contribution in [0.1, 0.15) is 16.5 Å². The van der Waals surface area contributed by atoms with Crippen molar-refractivity contribution in [2.75, 3.05) is 0 Å². The summed E-state index contributed by atoms with van der Waals surface area (Å²) in [5, 5.41) is 2.04. The second-order valence-electron chi connectivity index (χ2n) is 3.20. The van der Waals surface area contributed by atoms with Crippen molar-refractivity contribution in [3.05, 3.63) is 55.1 Å². The van der Waals surface area contributed by atoms with Gasteiger partial charge in [0.2, 0.25) is 0 Å². The molecule has 1 atom stereocenters. The highest BCUT2D eigenvalue weighted by Gasteiger charge is 2.10. The molecule has 0 aliphatic carbocycles. The first-order valence-electron chi connectivity index (χ1n) is 4.42. The van der Waals surface area contributed by atoms with Crippen molar-refractivity contribution in [2.24, 2.45) is 5.73 Å². The molecule has 2 aromatic rings. The molecule has 0 radical (unpaired) electrons. The molecule has 1 unspecified atom stereocenters. The second kappa shape index (κ2) is 4.78. The molecule has 2 rings (SSSR count). The SMILES string of the molecule is NC(c1cc(Br)cc(Br)c1)c1cccs1. The standard InChI is InChI=1S/C11H9Br2NS/c12-8-4-7(5-9(13)6-8)11(14)10-2-1-3-15-10/h1-6,11H,14H2. The first-order chi connectivity index (χ1) is 7.16. The van der Waals surface area contributed by atoms with Gasteiger partial charge in [-0.05, 0) is 35.2 Å². The van der Waals surface area contributed by atoms with Crippen LogP contribution in [0.2, 0.25) is 0 Å². The van der Waals surface area contributed by atoms with Crippen LogP contribution < -0.4 is 5.73 Å². The van der Waals surface area contributed by atoms with Crippen molar-refractivity contribution < 1.29 is 0 Å². The highest BCUT2D eigenvalue weighted by atomic mass is 79.9. The molecule has 0 fully saturated rings. The predicted octanol–water partition coefficient (Wildman–Crippen LogP) is 4.32. The van der Waals surface area contributed by atoms with Gasteiger partial charge >= 0.3 is 0 Å². The lowest BCUT2D eigenvalue weighted by Gasteiger charge is -2.11. The van der Waals surface area contributed by atoms with E-state index in [1.807, 2.05) is 17.5 Å². The molecule has 0 bridgehead atoms. The van der Waals surface area contributed by atoms with Crippen LogP contribution in [0.15, 0.2) is 44.7 Å². The summed E-state index contributed by atoms with van der Waals surface area (Å²) in [5.74, 6) is 0. The molecular weight excluding hydrogens is 338 g/mol. The van der Waals surface area contributed by atoms with Gasteiger partial charge in [0.1, 0.15) is 0 Å². The zero-order valence-corrected chi connectivity index (χ0v) is 11.8. The average molecular weight is 347 g/mol. The molecule has 1 aromatic heterocycles. The summed E-state index contributed by atoms with van der Waals surface area (Å²) >= 11 is 8.61. The van der Waals surface area contributed by atoms with Gasteiger partial charge in [-0.15, -0.1) is 11.3 Å². The zero-order valence-electron chi connectivity index (χ0n) is 7.78.